The van der Waals surface area contributed by atoms with Crippen molar-refractivity contribution in [1.82, 2.24) is 19.9 Å². The van der Waals surface area contributed by atoms with Gasteiger partial charge < -0.3 is 10.3 Å². The maximum Gasteiger partial charge on any atom is 0.227 e. The van der Waals surface area contributed by atoms with Gasteiger partial charge in [-0.2, -0.15) is 0 Å². The van der Waals surface area contributed by atoms with Crippen molar-refractivity contribution in [1.29, 1.82) is 0 Å². The molecule has 4 aromatic rings. The van der Waals surface area contributed by atoms with Crippen LogP contribution in [0.3, 0.4) is 0 Å². The molecule has 2 N–H and O–H groups in total. The fourth-order valence-corrected chi connectivity index (χ4v) is 2.56. The summed E-state index contributed by atoms with van der Waals surface area (Å²) in [6.07, 6.45) is 3.41. The van der Waals surface area contributed by atoms with Gasteiger partial charge in [0, 0.05) is 22.5 Å². The van der Waals surface area contributed by atoms with E-state index in [-0.39, 0.29) is 0 Å². The molecular weight excluding hydrogens is 310 g/mol. The molecule has 0 fully saturated rings. The van der Waals surface area contributed by atoms with Crippen LogP contribution in [0.15, 0.2) is 61.1 Å². The van der Waals surface area contributed by atoms with Crippen LogP contribution in [0.5, 0.6) is 0 Å². The zero-order chi connectivity index (χ0) is 15.6. The van der Waals surface area contributed by atoms with Crippen LogP contribution < -0.4 is 5.32 Å². The van der Waals surface area contributed by atoms with E-state index in [2.05, 4.69) is 25.3 Å². The summed E-state index contributed by atoms with van der Waals surface area (Å²) in [4.78, 5) is 16.2. The molecule has 5 nitrogen and oxygen atoms in total. The number of rotatable bonds is 3. The number of benzene rings is 2. The van der Waals surface area contributed by atoms with Gasteiger partial charge in [-0.3, -0.25) is 0 Å². The Balaban J connectivity index is 1.67. The molecule has 0 saturated carbocycles. The minimum Gasteiger partial charge on any atom is -0.345 e. The van der Waals surface area contributed by atoms with Crippen LogP contribution in [0.25, 0.3) is 22.3 Å². The second kappa shape index (κ2) is 5.70. The van der Waals surface area contributed by atoms with E-state index in [0.717, 1.165) is 28.0 Å². The number of anilines is 2. The van der Waals surface area contributed by atoms with Gasteiger partial charge in [0.25, 0.3) is 0 Å². The number of H-pyrrole nitrogens is 1. The standard InChI is InChI=1S/C17H12ClN5/c18-12-2-1-3-13(9-12)22-17-19-7-6-14(23-17)11-4-5-15-16(8-11)21-10-20-15/h1-10H,(H,20,21)(H,19,22,23). The third-order valence-electron chi connectivity index (χ3n) is 3.45. The summed E-state index contributed by atoms with van der Waals surface area (Å²) in [6.45, 7) is 0. The highest BCUT2D eigenvalue weighted by atomic mass is 35.5. The summed E-state index contributed by atoms with van der Waals surface area (Å²) >= 11 is 5.99. The van der Waals surface area contributed by atoms with Gasteiger partial charge in [0.1, 0.15) is 0 Å². The van der Waals surface area contributed by atoms with E-state index in [1.54, 1.807) is 12.5 Å². The Bertz CT molecular complexity index is 979. The van der Waals surface area contributed by atoms with Gasteiger partial charge in [-0.25, -0.2) is 15.0 Å². The van der Waals surface area contributed by atoms with Gasteiger partial charge >= 0.3 is 0 Å². The van der Waals surface area contributed by atoms with Gasteiger partial charge in [0.05, 0.1) is 23.1 Å². The average Bonchev–Trinajstić information content (AvgIpc) is 3.03. The molecule has 2 heterocycles. The van der Waals surface area contributed by atoms with E-state index in [1.165, 1.54) is 0 Å². The first-order valence-corrected chi connectivity index (χ1v) is 7.45. The van der Waals surface area contributed by atoms with Crippen LogP contribution in [-0.4, -0.2) is 19.9 Å². The van der Waals surface area contributed by atoms with Crippen LogP contribution in [0, 0.1) is 0 Å². The highest BCUT2D eigenvalue weighted by Crippen LogP contribution is 2.23. The summed E-state index contributed by atoms with van der Waals surface area (Å²) in [5.41, 5.74) is 4.57. The van der Waals surface area contributed by atoms with Crippen LogP contribution in [-0.2, 0) is 0 Å². The Labute approximate surface area is 137 Å². The summed E-state index contributed by atoms with van der Waals surface area (Å²) in [7, 11) is 0. The number of fused-ring (bicyclic) bond motifs is 1. The first-order chi connectivity index (χ1) is 11.3. The molecule has 112 valence electrons. The van der Waals surface area contributed by atoms with Crippen LogP contribution in [0.2, 0.25) is 5.02 Å². The Morgan fingerprint density at radius 3 is 2.87 bits per heavy atom. The van der Waals surface area contributed by atoms with Gasteiger partial charge in [-0.1, -0.05) is 23.7 Å². The second-order valence-electron chi connectivity index (χ2n) is 5.04. The van der Waals surface area contributed by atoms with Crippen molar-refractivity contribution < 1.29 is 0 Å². The molecular formula is C17H12ClN5. The number of halogens is 1. The smallest absolute Gasteiger partial charge is 0.227 e. The lowest BCUT2D eigenvalue weighted by atomic mass is 10.1. The van der Waals surface area contributed by atoms with E-state index in [1.807, 2.05) is 48.5 Å². The normalized spacial score (nSPS) is 10.8. The van der Waals surface area contributed by atoms with Crippen LogP contribution in [0.4, 0.5) is 11.6 Å². The monoisotopic (exact) mass is 321 g/mol. The topological polar surface area (TPSA) is 66.5 Å². The van der Waals surface area contributed by atoms with Crippen molar-refractivity contribution >= 4 is 34.3 Å². The number of hydrogen-bond acceptors (Lipinski definition) is 4. The van der Waals surface area contributed by atoms with Crippen molar-refractivity contribution in [2.75, 3.05) is 5.32 Å². The molecule has 0 atom stereocenters. The Kier molecular flexibility index (Phi) is 3.40. The lowest BCUT2D eigenvalue weighted by molar-refractivity contribution is 1.17. The molecule has 4 rings (SSSR count). The highest BCUT2D eigenvalue weighted by molar-refractivity contribution is 6.30. The van der Waals surface area contributed by atoms with Crippen molar-refractivity contribution in [2.24, 2.45) is 0 Å². The van der Waals surface area contributed by atoms with E-state index in [4.69, 9.17) is 11.6 Å². The first-order valence-electron chi connectivity index (χ1n) is 7.07. The molecule has 0 amide bonds. The fourth-order valence-electron chi connectivity index (χ4n) is 2.37. The SMILES string of the molecule is Clc1cccc(Nc2nccc(-c3ccc4[nH]cnc4c3)n2)c1. The van der Waals surface area contributed by atoms with Crippen molar-refractivity contribution in [3.63, 3.8) is 0 Å². The third kappa shape index (κ3) is 2.86. The summed E-state index contributed by atoms with van der Waals surface area (Å²) in [5, 5.41) is 3.82. The molecule has 0 radical (unpaired) electrons. The molecule has 0 spiro atoms. The maximum atomic E-state index is 5.99. The van der Waals surface area contributed by atoms with Gasteiger partial charge in [0.15, 0.2) is 0 Å². The quantitative estimate of drug-likeness (QED) is 0.586. The van der Waals surface area contributed by atoms with Crippen molar-refractivity contribution in [3.05, 3.63) is 66.1 Å². The minimum absolute atomic E-state index is 0.520. The Morgan fingerprint density at radius 1 is 1.00 bits per heavy atom. The molecule has 0 unspecified atom stereocenters. The van der Waals surface area contributed by atoms with Crippen LogP contribution >= 0.6 is 11.6 Å². The fraction of sp³-hybridized carbons (Fsp3) is 0. The average molecular weight is 322 g/mol. The number of hydrogen-bond donors (Lipinski definition) is 2. The van der Waals surface area contributed by atoms with E-state index >= 15 is 0 Å². The summed E-state index contributed by atoms with van der Waals surface area (Å²) in [5.74, 6) is 0.520. The molecule has 2 aromatic heterocycles. The summed E-state index contributed by atoms with van der Waals surface area (Å²) in [6, 6.07) is 15.3. The third-order valence-corrected chi connectivity index (χ3v) is 3.69. The lowest BCUT2D eigenvalue weighted by Crippen LogP contribution is -1.97. The van der Waals surface area contributed by atoms with E-state index in [9.17, 15) is 0 Å². The molecule has 0 aliphatic rings. The number of nitrogens with one attached hydrogen (secondary N) is 2. The molecule has 2 aromatic carbocycles. The van der Waals surface area contributed by atoms with Crippen molar-refractivity contribution in [3.8, 4) is 11.3 Å². The highest BCUT2D eigenvalue weighted by Gasteiger charge is 2.05. The first kappa shape index (κ1) is 13.7. The van der Waals surface area contributed by atoms with Gasteiger partial charge in [-0.15, -0.1) is 0 Å². The molecule has 6 heteroatoms. The largest absolute Gasteiger partial charge is 0.345 e. The predicted molar refractivity (Wildman–Crippen MR) is 91.9 cm³/mol. The van der Waals surface area contributed by atoms with Crippen molar-refractivity contribution in [2.45, 2.75) is 0 Å². The molecule has 0 bridgehead atoms. The minimum atomic E-state index is 0.520. The molecule has 0 saturated heterocycles. The Morgan fingerprint density at radius 2 is 1.96 bits per heavy atom. The molecule has 23 heavy (non-hydrogen) atoms. The number of aromatic amines is 1. The zero-order valence-electron chi connectivity index (χ0n) is 12.0. The lowest BCUT2D eigenvalue weighted by Gasteiger charge is -2.07. The van der Waals surface area contributed by atoms with E-state index < -0.39 is 0 Å². The van der Waals surface area contributed by atoms with Crippen LogP contribution in [0.1, 0.15) is 0 Å². The number of imidazole rings is 1. The number of aromatic nitrogens is 4. The maximum absolute atomic E-state index is 5.99. The van der Waals surface area contributed by atoms with Gasteiger partial charge in [0.2, 0.25) is 5.95 Å². The zero-order valence-corrected chi connectivity index (χ0v) is 12.7. The molecule has 0 aliphatic heterocycles. The van der Waals surface area contributed by atoms with E-state index in [0.29, 0.717) is 11.0 Å². The number of nitrogens with zero attached hydrogens (tertiary/aromatic N) is 3. The summed E-state index contributed by atoms with van der Waals surface area (Å²) < 4.78 is 0. The molecule has 0 aliphatic carbocycles. The second-order valence-corrected chi connectivity index (χ2v) is 5.47. The Hall–Kier alpha value is -2.92. The van der Waals surface area contributed by atoms with Gasteiger partial charge in [-0.05, 0) is 36.4 Å². The predicted octanol–water partition coefficient (Wildman–Crippen LogP) is 4.42.